The molecular formula is C11H20N2O2S. The van der Waals surface area contributed by atoms with Crippen molar-refractivity contribution < 1.29 is 8.42 Å². The third-order valence-corrected chi connectivity index (χ3v) is 4.80. The van der Waals surface area contributed by atoms with Crippen molar-refractivity contribution in [3.8, 4) is 0 Å². The fourth-order valence-corrected chi connectivity index (χ4v) is 2.38. The van der Waals surface area contributed by atoms with Crippen LogP contribution in [0, 0.1) is 0 Å². The first-order valence-electron chi connectivity index (χ1n) is 5.69. The van der Waals surface area contributed by atoms with E-state index in [-0.39, 0.29) is 11.0 Å². The fourth-order valence-electron chi connectivity index (χ4n) is 1.46. The zero-order chi connectivity index (χ0) is 12.2. The Kier molecular flexibility index (Phi) is 4.53. The van der Waals surface area contributed by atoms with Crippen molar-refractivity contribution in [1.29, 1.82) is 0 Å². The molecular weight excluding hydrogens is 224 g/mol. The Balaban J connectivity index is 2.64. The number of aryl methyl sites for hydroxylation is 2. The summed E-state index contributed by atoms with van der Waals surface area (Å²) in [6.07, 6.45) is 5.50. The lowest BCUT2D eigenvalue weighted by atomic mass is 10.3. The Morgan fingerprint density at radius 2 is 2.12 bits per heavy atom. The number of nitrogens with zero attached hydrogens (tertiary/aromatic N) is 2. The Bertz CT molecular complexity index is 421. The van der Waals surface area contributed by atoms with E-state index in [1.807, 2.05) is 10.8 Å². The van der Waals surface area contributed by atoms with Crippen molar-refractivity contribution >= 4 is 9.84 Å². The molecule has 0 aromatic carbocycles. The quantitative estimate of drug-likeness (QED) is 0.764. The molecule has 1 heterocycles. The van der Waals surface area contributed by atoms with Gasteiger partial charge >= 0.3 is 0 Å². The zero-order valence-corrected chi connectivity index (χ0v) is 11.0. The highest BCUT2D eigenvalue weighted by atomic mass is 32.2. The normalized spacial score (nSPS) is 12.2. The van der Waals surface area contributed by atoms with E-state index >= 15 is 0 Å². The van der Waals surface area contributed by atoms with E-state index in [0.29, 0.717) is 6.54 Å². The molecule has 1 rings (SSSR count). The Labute approximate surface area is 97.6 Å². The van der Waals surface area contributed by atoms with E-state index in [4.69, 9.17) is 0 Å². The van der Waals surface area contributed by atoms with Crippen molar-refractivity contribution in [3.05, 3.63) is 18.2 Å². The molecule has 92 valence electrons. The number of aromatic nitrogens is 2. The van der Waals surface area contributed by atoms with Gasteiger partial charge in [0.25, 0.3) is 0 Å². The predicted octanol–water partition coefficient (Wildman–Crippen LogP) is 1.66. The molecule has 0 spiro atoms. The monoisotopic (exact) mass is 244 g/mol. The molecule has 16 heavy (non-hydrogen) atoms. The van der Waals surface area contributed by atoms with Gasteiger partial charge in [-0.1, -0.05) is 6.92 Å². The van der Waals surface area contributed by atoms with Gasteiger partial charge in [0, 0.05) is 25.4 Å². The van der Waals surface area contributed by atoms with Gasteiger partial charge in [-0.05, 0) is 20.3 Å². The highest BCUT2D eigenvalue weighted by molar-refractivity contribution is 7.91. The number of sulfone groups is 1. The van der Waals surface area contributed by atoms with E-state index in [9.17, 15) is 8.42 Å². The summed E-state index contributed by atoms with van der Waals surface area (Å²) in [5.74, 6) is 1.17. The van der Waals surface area contributed by atoms with Crippen LogP contribution >= 0.6 is 0 Å². The van der Waals surface area contributed by atoms with Crippen LogP contribution in [0.1, 0.15) is 33.0 Å². The van der Waals surface area contributed by atoms with Crippen LogP contribution < -0.4 is 0 Å². The summed E-state index contributed by atoms with van der Waals surface area (Å²) in [6.45, 7) is 6.03. The van der Waals surface area contributed by atoms with Crippen LogP contribution in [0.3, 0.4) is 0 Å². The first-order valence-corrected chi connectivity index (χ1v) is 7.40. The maximum absolute atomic E-state index is 11.7. The third-order valence-electron chi connectivity index (χ3n) is 2.61. The lowest BCUT2D eigenvalue weighted by Crippen LogP contribution is -2.21. The summed E-state index contributed by atoms with van der Waals surface area (Å²) in [4.78, 5) is 4.22. The molecule has 0 aliphatic rings. The highest BCUT2D eigenvalue weighted by Gasteiger charge is 2.16. The second-order valence-electron chi connectivity index (χ2n) is 4.20. The first-order chi connectivity index (χ1) is 7.47. The number of hydrogen-bond acceptors (Lipinski definition) is 3. The minimum Gasteiger partial charge on any atom is -0.334 e. The van der Waals surface area contributed by atoms with Crippen LogP contribution in [0.15, 0.2) is 12.4 Å². The van der Waals surface area contributed by atoms with Crippen molar-refractivity contribution in [2.45, 2.75) is 45.4 Å². The molecule has 0 fully saturated rings. The summed E-state index contributed by atoms with van der Waals surface area (Å²) in [5.41, 5.74) is 0. The van der Waals surface area contributed by atoms with Gasteiger partial charge in [0.05, 0.1) is 11.0 Å². The van der Waals surface area contributed by atoms with Crippen molar-refractivity contribution in [2.24, 2.45) is 0 Å². The Hall–Kier alpha value is -0.840. The molecule has 0 aliphatic carbocycles. The van der Waals surface area contributed by atoms with Gasteiger partial charge in [-0.25, -0.2) is 13.4 Å². The van der Waals surface area contributed by atoms with Crippen LogP contribution in [0.4, 0.5) is 0 Å². The topological polar surface area (TPSA) is 52.0 Å². The molecule has 5 heteroatoms. The lowest BCUT2D eigenvalue weighted by Gasteiger charge is -2.10. The van der Waals surface area contributed by atoms with E-state index < -0.39 is 9.84 Å². The van der Waals surface area contributed by atoms with Crippen LogP contribution in [0.5, 0.6) is 0 Å². The SMILES string of the molecule is CCCc1nccn1CCS(=O)(=O)C(C)C. The molecule has 1 aromatic rings. The molecule has 0 saturated carbocycles. The average molecular weight is 244 g/mol. The highest BCUT2D eigenvalue weighted by Crippen LogP contribution is 2.05. The van der Waals surface area contributed by atoms with Gasteiger partial charge in [-0.3, -0.25) is 0 Å². The van der Waals surface area contributed by atoms with Crippen LogP contribution in [-0.2, 0) is 22.8 Å². The number of rotatable bonds is 6. The molecule has 0 radical (unpaired) electrons. The van der Waals surface area contributed by atoms with Gasteiger partial charge in [-0.15, -0.1) is 0 Å². The zero-order valence-electron chi connectivity index (χ0n) is 10.2. The molecule has 0 bridgehead atoms. The summed E-state index contributed by atoms with van der Waals surface area (Å²) in [7, 11) is -2.95. The van der Waals surface area contributed by atoms with Gasteiger partial charge < -0.3 is 4.57 Å². The summed E-state index contributed by atoms with van der Waals surface area (Å²) >= 11 is 0. The Morgan fingerprint density at radius 3 is 2.69 bits per heavy atom. The minimum absolute atomic E-state index is 0.192. The molecule has 0 unspecified atom stereocenters. The summed E-state index contributed by atoms with van der Waals surface area (Å²) in [5, 5.41) is -0.300. The van der Waals surface area contributed by atoms with Crippen LogP contribution in [0.25, 0.3) is 0 Å². The second-order valence-corrected chi connectivity index (χ2v) is 6.88. The average Bonchev–Trinajstić information content (AvgIpc) is 2.63. The Morgan fingerprint density at radius 1 is 1.44 bits per heavy atom. The molecule has 0 amide bonds. The van der Waals surface area contributed by atoms with Crippen molar-refractivity contribution in [3.63, 3.8) is 0 Å². The standard InChI is InChI=1S/C11H20N2O2S/c1-4-5-11-12-6-7-13(11)8-9-16(14,15)10(2)3/h6-7,10H,4-5,8-9H2,1-3H3. The molecule has 0 atom stereocenters. The second kappa shape index (κ2) is 5.48. The van der Waals surface area contributed by atoms with E-state index in [0.717, 1.165) is 18.7 Å². The van der Waals surface area contributed by atoms with Gasteiger partial charge in [0.2, 0.25) is 0 Å². The summed E-state index contributed by atoms with van der Waals surface area (Å²) < 4.78 is 25.3. The van der Waals surface area contributed by atoms with Gasteiger partial charge in [0.1, 0.15) is 5.82 Å². The molecule has 0 aliphatic heterocycles. The van der Waals surface area contributed by atoms with Crippen molar-refractivity contribution in [1.82, 2.24) is 9.55 Å². The van der Waals surface area contributed by atoms with E-state index in [1.165, 1.54) is 0 Å². The maximum atomic E-state index is 11.7. The lowest BCUT2D eigenvalue weighted by molar-refractivity contribution is 0.577. The largest absolute Gasteiger partial charge is 0.334 e. The number of imidazole rings is 1. The maximum Gasteiger partial charge on any atom is 0.154 e. The smallest absolute Gasteiger partial charge is 0.154 e. The van der Waals surface area contributed by atoms with Crippen LogP contribution in [0.2, 0.25) is 0 Å². The molecule has 1 aromatic heterocycles. The van der Waals surface area contributed by atoms with Gasteiger partial charge in [0.15, 0.2) is 9.84 Å². The van der Waals surface area contributed by atoms with Crippen molar-refractivity contribution in [2.75, 3.05) is 5.75 Å². The van der Waals surface area contributed by atoms with Crippen LogP contribution in [-0.4, -0.2) is 29.0 Å². The minimum atomic E-state index is -2.95. The van der Waals surface area contributed by atoms with E-state index in [2.05, 4.69) is 11.9 Å². The fraction of sp³-hybridized carbons (Fsp3) is 0.727. The molecule has 4 nitrogen and oxygen atoms in total. The molecule has 0 saturated heterocycles. The third kappa shape index (κ3) is 3.33. The number of hydrogen-bond donors (Lipinski definition) is 0. The molecule has 0 N–H and O–H groups in total. The predicted molar refractivity (Wildman–Crippen MR) is 65.1 cm³/mol. The van der Waals surface area contributed by atoms with E-state index in [1.54, 1.807) is 20.0 Å². The van der Waals surface area contributed by atoms with Gasteiger partial charge in [-0.2, -0.15) is 0 Å². The summed E-state index contributed by atoms with van der Waals surface area (Å²) in [6, 6.07) is 0. The first kappa shape index (κ1) is 13.2.